The molecule has 6 nitrogen and oxygen atoms in total. The molecule has 0 spiro atoms. The first-order valence-corrected chi connectivity index (χ1v) is 10.9. The second-order valence-corrected chi connectivity index (χ2v) is 7.87. The van der Waals surface area contributed by atoms with Gasteiger partial charge in [-0.3, -0.25) is 0 Å². The van der Waals surface area contributed by atoms with Crippen molar-refractivity contribution in [2.45, 2.75) is 45.1 Å². The van der Waals surface area contributed by atoms with Gasteiger partial charge in [0.25, 0.3) is 0 Å². The van der Waals surface area contributed by atoms with E-state index in [4.69, 9.17) is 9.72 Å². The minimum Gasteiger partial charge on any atom is -0.487 e. The van der Waals surface area contributed by atoms with Gasteiger partial charge in [0, 0.05) is 17.4 Å². The average Bonchev–Trinajstić information content (AvgIpc) is 3.34. The first kappa shape index (κ1) is 19.4. The second-order valence-electron chi connectivity index (χ2n) is 7.87. The van der Waals surface area contributed by atoms with E-state index in [0.29, 0.717) is 6.61 Å². The number of para-hydroxylation sites is 1. The zero-order chi connectivity index (χ0) is 20.9. The van der Waals surface area contributed by atoms with Crippen LogP contribution in [0.15, 0.2) is 60.7 Å². The summed E-state index contributed by atoms with van der Waals surface area (Å²) in [5.74, 6) is 1.75. The SMILES string of the molecule is C(/CCCc1nn[nH]n1)=C1/CCCc2c(OCc3ccc4ccccc4n3)cccc21. The highest BCUT2D eigenvalue weighted by molar-refractivity contribution is 5.78. The van der Waals surface area contributed by atoms with E-state index in [1.54, 1.807) is 0 Å². The zero-order valence-corrected chi connectivity index (χ0v) is 17.4. The molecule has 5 rings (SSSR count). The Morgan fingerprint density at radius 2 is 1.97 bits per heavy atom. The lowest BCUT2D eigenvalue weighted by Crippen LogP contribution is -2.06. The number of allylic oxidation sites excluding steroid dienone is 2. The lowest BCUT2D eigenvalue weighted by molar-refractivity contribution is 0.298. The molecule has 2 aromatic carbocycles. The molecule has 0 saturated heterocycles. The molecule has 2 heterocycles. The lowest BCUT2D eigenvalue weighted by atomic mass is 9.86. The molecule has 0 unspecified atom stereocenters. The van der Waals surface area contributed by atoms with Gasteiger partial charge in [0.1, 0.15) is 12.4 Å². The summed E-state index contributed by atoms with van der Waals surface area (Å²) < 4.78 is 6.25. The van der Waals surface area contributed by atoms with E-state index in [2.05, 4.69) is 57.0 Å². The Kier molecular flexibility index (Phi) is 5.69. The van der Waals surface area contributed by atoms with Crippen molar-refractivity contribution < 1.29 is 4.74 Å². The average molecular weight is 412 g/mol. The molecular formula is C25H25N5O. The number of nitrogens with zero attached hydrogens (tertiary/aromatic N) is 4. The predicted molar refractivity (Wildman–Crippen MR) is 121 cm³/mol. The summed E-state index contributed by atoms with van der Waals surface area (Å²) in [6.45, 7) is 0.477. The number of ether oxygens (including phenoxy) is 1. The maximum absolute atomic E-state index is 6.25. The van der Waals surface area contributed by atoms with Gasteiger partial charge < -0.3 is 4.74 Å². The highest BCUT2D eigenvalue weighted by Crippen LogP contribution is 2.36. The van der Waals surface area contributed by atoms with Gasteiger partial charge in [0.2, 0.25) is 0 Å². The van der Waals surface area contributed by atoms with Crippen LogP contribution in [0.25, 0.3) is 16.5 Å². The molecule has 6 heteroatoms. The van der Waals surface area contributed by atoms with Crippen molar-refractivity contribution in [1.82, 2.24) is 25.6 Å². The van der Waals surface area contributed by atoms with Crippen LogP contribution >= 0.6 is 0 Å². The summed E-state index contributed by atoms with van der Waals surface area (Å²) in [7, 11) is 0. The van der Waals surface area contributed by atoms with Gasteiger partial charge in [-0.25, -0.2) is 4.98 Å². The number of fused-ring (bicyclic) bond motifs is 2. The van der Waals surface area contributed by atoms with Gasteiger partial charge in [-0.05, 0) is 61.4 Å². The Bertz CT molecular complexity index is 1200. The number of H-pyrrole nitrogens is 1. The number of hydrogen-bond acceptors (Lipinski definition) is 5. The number of rotatable bonds is 7. The number of aromatic amines is 1. The monoisotopic (exact) mass is 411 g/mol. The number of aryl methyl sites for hydroxylation is 1. The smallest absolute Gasteiger partial charge is 0.174 e. The molecule has 1 N–H and O–H groups in total. The van der Waals surface area contributed by atoms with Crippen molar-refractivity contribution in [2.24, 2.45) is 0 Å². The Morgan fingerprint density at radius 1 is 1.00 bits per heavy atom. The number of hydrogen-bond donors (Lipinski definition) is 1. The topological polar surface area (TPSA) is 76.6 Å². The van der Waals surface area contributed by atoms with Gasteiger partial charge >= 0.3 is 0 Å². The Labute approximate surface area is 181 Å². The summed E-state index contributed by atoms with van der Waals surface area (Å²) in [4.78, 5) is 4.74. The molecule has 1 aliphatic rings. The molecule has 0 bridgehead atoms. The van der Waals surface area contributed by atoms with Crippen LogP contribution < -0.4 is 4.74 Å². The molecular weight excluding hydrogens is 386 g/mol. The van der Waals surface area contributed by atoms with Gasteiger partial charge in [-0.15, -0.1) is 10.2 Å². The summed E-state index contributed by atoms with van der Waals surface area (Å²) in [5.41, 5.74) is 6.02. The van der Waals surface area contributed by atoms with Crippen molar-refractivity contribution in [2.75, 3.05) is 0 Å². The number of tetrazole rings is 1. The van der Waals surface area contributed by atoms with Crippen LogP contribution in [0, 0.1) is 0 Å². The maximum atomic E-state index is 6.25. The fourth-order valence-electron chi connectivity index (χ4n) is 4.23. The lowest BCUT2D eigenvalue weighted by Gasteiger charge is -2.22. The molecule has 0 aliphatic heterocycles. The number of unbranched alkanes of at least 4 members (excludes halogenated alkanes) is 1. The Hall–Kier alpha value is -3.54. The summed E-state index contributed by atoms with van der Waals surface area (Å²) in [6, 6.07) is 18.7. The second kappa shape index (κ2) is 9.08. The third-order valence-corrected chi connectivity index (χ3v) is 5.77. The molecule has 0 atom stereocenters. The maximum Gasteiger partial charge on any atom is 0.174 e. The van der Waals surface area contributed by atoms with Crippen molar-refractivity contribution in [3.8, 4) is 5.75 Å². The highest BCUT2D eigenvalue weighted by Gasteiger charge is 2.18. The molecule has 0 radical (unpaired) electrons. The van der Waals surface area contributed by atoms with Crippen LogP contribution in [-0.4, -0.2) is 25.6 Å². The fourth-order valence-corrected chi connectivity index (χ4v) is 4.23. The van der Waals surface area contributed by atoms with E-state index < -0.39 is 0 Å². The largest absolute Gasteiger partial charge is 0.487 e. The quantitative estimate of drug-likeness (QED) is 0.430. The molecule has 1 aliphatic carbocycles. The fraction of sp³-hybridized carbons (Fsp3) is 0.280. The number of nitrogens with one attached hydrogen (secondary N) is 1. The first-order chi connectivity index (χ1) is 15.4. The van der Waals surface area contributed by atoms with Crippen molar-refractivity contribution >= 4 is 16.5 Å². The van der Waals surface area contributed by atoms with E-state index in [9.17, 15) is 0 Å². The van der Waals surface area contributed by atoms with Crippen molar-refractivity contribution in [3.05, 3.63) is 83.3 Å². The summed E-state index contributed by atoms with van der Waals surface area (Å²) >= 11 is 0. The molecule has 0 saturated carbocycles. The van der Waals surface area contributed by atoms with E-state index in [1.165, 1.54) is 16.7 Å². The van der Waals surface area contributed by atoms with E-state index in [1.807, 2.05) is 24.3 Å². The Balaban J connectivity index is 1.28. The molecule has 4 aromatic rings. The van der Waals surface area contributed by atoms with Crippen LogP contribution in [0.4, 0.5) is 0 Å². The minimum atomic E-state index is 0.477. The summed E-state index contributed by atoms with van der Waals surface area (Å²) in [6.07, 6.45) is 8.55. The van der Waals surface area contributed by atoms with E-state index in [-0.39, 0.29) is 0 Å². The number of benzene rings is 2. The number of pyridine rings is 1. The van der Waals surface area contributed by atoms with Crippen LogP contribution in [0.5, 0.6) is 5.75 Å². The molecule has 156 valence electrons. The normalized spacial score (nSPS) is 14.6. The van der Waals surface area contributed by atoms with E-state index in [0.717, 1.165) is 66.7 Å². The van der Waals surface area contributed by atoms with Gasteiger partial charge in [-0.2, -0.15) is 5.21 Å². The molecule has 2 aromatic heterocycles. The standard InChI is InChI=1S/C25H25N5O/c1-3-12-23-19(8-1)15-16-20(26-23)17-31-24-13-6-10-21-18(9-5-11-22(21)24)7-2-4-14-25-27-29-30-28-25/h1,3,6-8,10,12-13,15-16H,2,4-5,9,11,14,17H2,(H,27,28,29,30)/b18-7+. The predicted octanol–water partition coefficient (Wildman–Crippen LogP) is 5.07. The third kappa shape index (κ3) is 4.48. The van der Waals surface area contributed by atoms with Crippen LogP contribution in [0.2, 0.25) is 0 Å². The van der Waals surface area contributed by atoms with Crippen LogP contribution in [0.3, 0.4) is 0 Å². The minimum absolute atomic E-state index is 0.477. The first-order valence-electron chi connectivity index (χ1n) is 10.9. The van der Waals surface area contributed by atoms with Crippen LogP contribution in [-0.2, 0) is 19.4 Å². The third-order valence-electron chi connectivity index (χ3n) is 5.77. The highest BCUT2D eigenvalue weighted by atomic mass is 16.5. The molecule has 0 amide bonds. The van der Waals surface area contributed by atoms with Crippen LogP contribution in [0.1, 0.15) is 48.3 Å². The van der Waals surface area contributed by atoms with Gasteiger partial charge in [0.05, 0.1) is 11.2 Å². The molecule has 31 heavy (non-hydrogen) atoms. The molecule has 0 fully saturated rings. The Morgan fingerprint density at radius 3 is 2.90 bits per heavy atom. The zero-order valence-electron chi connectivity index (χ0n) is 17.4. The van der Waals surface area contributed by atoms with Crippen molar-refractivity contribution in [3.63, 3.8) is 0 Å². The van der Waals surface area contributed by atoms with Crippen molar-refractivity contribution in [1.29, 1.82) is 0 Å². The van der Waals surface area contributed by atoms with Gasteiger partial charge in [-0.1, -0.05) is 47.7 Å². The number of aromatic nitrogens is 5. The van der Waals surface area contributed by atoms with E-state index >= 15 is 0 Å². The summed E-state index contributed by atoms with van der Waals surface area (Å²) in [5, 5.41) is 15.3. The van der Waals surface area contributed by atoms with Gasteiger partial charge in [0.15, 0.2) is 5.82 Å².